The zero-order valence-corrected chi connectivity index (χ0v) is 10.6. The van der Waals surface area contributed by atoms with Crippen molar-refractivity contribution in [2.24, 2.45) is 5.41 Å². The fraction of sp³-hybridized carbons (Fsp3) is 0.462. The molecule has 1 heterocycles. The highest BCUT2D eigenvalue weighted by Crippen LogP contribution is 2.34. The van der Waals surface area contributed by atoms with Crippen molar-refractivity contribution in [1.29, 1.82) is 0 Å². The second kappa shape index (κ2) is 5.24. The highest BCUT2D eigenvalue weighted by molar-refractivity contribution is 6.31. The predicted molar refractivity (Wildman–Crippen MR) is 67.3 cm³/mol. The van der Waals surface area contributed by atoms with Crippen LogP contribution in [0, 0.1) is 11.2 Å². The summed E-state index contributed by atoms with van der Waals surface area (Å²) in [5.41, 5.74) is -0.321. The van der Waals surface area contributed by atoms with Gasteiger partial charge in [-0.3, -0.25) is 4.79 Å². The maximum absolute atomic E-state index is 13.4. The van der Waals surface area contributed by atoms with Crippen molar-refractivity contribution in [3.63, 3.8) is 0 Å². The Balaban J connectivity index is 2.29. The van der Waals surface area contributed by atoms with E-state index in [0.717, 1.165) is 13.0 Å². The molecule has 1 aliphatic rings. The van der Waals surface area contributed by atoms with Crippen LogP contribution in [-0.2, 0) is 11.2 Å². The minimum Gasteiger partial charge on any atom is -0.481 e. The molecule has 1 unspecified atom stereocenters. The van der Waals surface area contributed by atoms with Crippen molar-refractivity contribution in [3.05, 3.63) is 34.6 Å². The smallest absolute Gasteiger partial charge is 0.311 e. The second-order valence-electron chi connectivity index (χ2n) is 4.76. The maximum Gasteiger partial charge on any atom is 0.311 e. The van der Waals surface area contributed by atoms with Crippen molar-refractivity contribution in [2.75, 3.05) is 13.1 Å². The molecule has 0 radical (unpaired) electrons. The van der Waals surface area contributed by atoms with Gasteiger partial charge >= 0.3 is 5.97 Å². The van der Waals surface area contributed by atoms with Gasteiger partial charge in [-0.2, -0.15) is 0 Å². The molecule has 1 atom stereocenters. The molecule has 3 nitrogen and oxygen atoms in total. The van der Waals surface area contributed by atoms with E-state index in [9.17, 15) is 14.3 Å². The third kappa shape index (κ3) is 2.49. The van der Waals surface area contributed by atoms with Gasteiger partial charge in [0.15, 0.2) is 0 Å². The zero-order valence-electron chi connectivity index (χ0n) is 9.88. The first-order valence-corrected chi connectivity index (χ1v) is 6.30. The van der Waals surface area contributed by atoms with Crippen LogP contribution in [0.15, 0.2) is 18.2 Å². The lowest BCUT2D eigenvalue weighted by atomic mass is 9.76. The molecule has 5 heteroatoms. The van der Waals surface area contributed by atoms with E-state index in [1.165, 1.54) is 6.07 Å². The quantitative estimate of drug-likeness (QED) is 0.888. The largest absolute Gasteiger partial charge is 0.481 e. The molecule has 0 amide bonds. The molecule has 1 aromatic rings. The molecular weight excluding hydrogens is 257 g/mol. The van der Waals surface area contributed by atoms with E-state index in [4.69, 9.17) is 11.6 Å². The fourth-order valence-corrected chi connectivity index (χ4v) is 2.62. The van der Waals surface area contributed by atoms with Gasteiger partial charge in [-0.1, -0.05) is 23.7 Å². The summed E-state index contributed by atoms with van der Waals surface area (Å²) in [5.74, 6) is -1.35. The van der Waals surface area contributed by atoms with E-state index in [0.29, 0.717) is 18.5 Å². The second-order valence-corrected chi connectivity index (χ2v) is 5.13. The molecular formula is C13H15ClFNO2. The van der Waals surface area contributed by atoms with E-state index in [-0.39, 0.29) is 11.4 Å². The molecule has 0 aromatic heterocycles. The minimum atomic E-state index is -0.879. The Morgan fingerprint density at radius 1 is 1.56 bits per heavy atom. The summed E-state index contributed by atoms with van der Waals surface area (Å²) in [6.45, 7) is 1.22. The van der Waals surface area contributed by atoms with Crippen LogP contribution in [0.2, 0.25) is 5.02 Å². The van der Waals surface area contributed by atoms with Gasteiger partial charge in [0.25, 0.3) is 0 Å². The zero-order chi connectivity index (χ0) is 13.2. The van der Waals surface area contributed by atoms with Gasteiger partial charge < -0.3 is 10.4 Å². The summed E-state index contributed by atoms with van der Waals surface area (Å²) >= 11 is 5.89. The summed E-state index contributed by atoms with van der Waals surface area (Å²) in [4.78, 5) is 11.5. The van der Waals surface area contributed by atoms with Crippen LogP contribution in [0.3, 0.4) is 0 Å². The molecule has 18 heavy (non-hydrogen) atoms. The average Bonchev–Trinajstić information content (AvgIpc) is 2.36. The first-order valence-electron chi connectivity index (χ1n) is 5.92. The lowest BCUT2D eigenvalue weighted by molar-refractivity contribution is -0.150. The molecule has 2 N–H and O–H groups in total. The normalized spacial score (nSPS) is 23.9. The highest BCUT2D eigenvalue weighted by atomic mass is 35.5. The number of nitrogens with one attached hydrogen (secondary N) is 1. The number of carboxylic acid groups (broad SMARTS) is 1. The number of hydrogen-bond donors (Lipinski definition) is 2. The van der Waals surface area contributed by atoms with Gasteiger partial charge in [0.05, 0.1) is 10.4 Å². The van der Waals surface area contributed by atoms with Crippen LogP contribution >= 0.6 is 11.6 Å². The molecule has 1 saturated heterocycles. The summed E-state index contributed by atoms with van der Waals surface area (Å²) < 4.78 is 13.4. The number of hydrogen-bond acceptors (Lipinski definition) is 2. The topological polar surface area (TPSA) is 49.3 Å². The highest BCUT2D eigenvalue weighted by Gasteiger charge is 2.40. The van der Waals surface area contributed by atoms with Crippen LogP contribution in [-0.4, -0.2) is 24.2 Å². The number of benzene rings is 1. The molecule has 2 rings (SSSR count). The lowest BCUT2D eigenvalue weighted by Crippen LogP contribution is -2.47. The number of halogens is 2. The molecule has 0 bridgehead atoms. The Kier molecular flexibility index (Phi) is 3.88. The number of carboxylic acids is 1. The predicted octanol–water partition coefficient (Wildman–Crippen LogP) is 2.48. The molecule has 1 aliphatic heterocycles. The molecule has 1 fully saturated rings. The van der Waals surface area contributed by atoms with Crippen LogP contribution < -0.4 is 5.32 Å². The van der Waals surface area contributed by atoms with Gasteiger partial charge in [-0.15, -0.1) is 0 Å². The number of carbonyl (C=O) groups is 1. The van der Waals surface area contributed by atoms with E-state index in [1.807, 2.05) is 0 Å². The standard InChI is InChI=1S/C13H15ClFNO2/c14-11-9(3-1-4-10(11)15)7-13(12(17)18)5-2-6-16-8-13/h1,3-4,16H,2,5-8H2,(H,17,18). The van der Waals surface area contributed by atoms with E-state index in [1.54, 1.807) is 12.1 Å². The molecule has 0 saturated carbocycles. The van der Waals surface area contributed by atoms with Gasteiger partial charge in [0.2, 0.25) is 0 Å². The average molecular weight is 272 g/mol. The Hall–Kier alpha value is -1.13. The van der Waals surface area contributed by atoms with Gasteiger partial charge in [0, 0.05) is 6.54 Å². The first kappa shape index (κ1) is 13.3. The Morgan fingerprint density at radius 3 is 2.94 bits per heavy atom. The van der Waals surface area contributed by atoms with Crippen LogP contribution in [0.25, 0.3) is 0 Å². The van der Waals surface area contributed by atoms with Gasteiger partial charge in [0.1, 0.15) is 5.82 Å². The van der Waals surface area contributed by atoms with Gasteiger partial charge in [-0.05, 0) is 37.4 Å². The fourth-order valence-electron chi connectivity index (χ4n) is 2.43. The van der Waals surface area contributed by atoms with Crippen LogP contribution in [0.1, 0.15) is 18.4 Å². The molecule has 0 aliphatic carbocycles. The van der Waals surface area contributed by atoms with Crippen molar-refractivity contribution in [1.82, 2.24) is 5.32 Å². The minimum absolute atomic E-state index is 0.0312. The lowest BCUT2D eigenvalue weighted by Gasteiger charge is -2.34. The van der Waals surface area contributed by atoms with Gasteiger partial charge in [-0.25, -0.2) is 4.39 Å². The number of rotatable bonds is 3. The Bertz CT molecular complexity index is 458. The summed E-state index contributed by atoms with van der Waals surface area (Å²) in [7, 11) is 0. The van der Waals surface area contributed by atoms with E-state index < -0.39 is 17.2 Å². The Morgan fingerprint density at radius 2 is 2.33 bits per heavy atom. The van der Waals surface area contributed by atoms with Crippen molar-refractivity contribution in [2.45, 2.75) is 19.3 Å². The summed E-state index contributed by atoms with van der Waals surface area (Å²) in [6, 6.07) is 4.52. The van der Waals surface area contributed by atoms with Crippen molar-refractivity contribution < 1.29 is 14.3 Å². The van der Waals surface area contributed by atoms with E-state index in [2.05, 4.69) is 5.32 Å². The van der Waals surface area contributed by atoms with E-state index >= 15 is 0 Å². The van der Waals surface area contributed by atoms with Crippen LogP contribution in [0.4, 0.5) is 4.39 Å². The third-order valence-corrected chi connectivity index (χ3v) is 3.91. The van der Waals surface area contributed by atoms with Crippen molar-refractivity contribution in [3.8, 4) is 0 Å². The third-order valence-electron chi connectivity index (χ3n) is 3.49. The first-order chi connectivity index (χ1) is 8.55. The molecule has 1 aromatic carbocycles. The molecule has 98 valence electrons. The number of piperidine rings is 1. The molecule has 0 spiro atoms. The Labute approximate surface area is 110 Å². The summed E-state index contributed by atoms with van der Waals surface area (Å²) in [5, 5.41) is 12.6. The maximum atomic E-state index is 13.4. The monoisotopic (exact) mass is 271 g/mol. The SMILES string of the molecule is O=C(O)C1(Cc2cccc(F)c2Cl)CCCNC1. The van der Waals surface area contributed by atoms with Crippen molar-refractivity contribution >= 4 is 17.6 Å². The van der Waals surface area contributed by atoms with Crippen LogP contribution in [0.5, 0.6) is 0 Å². The number of aliphatic carboxylic acids is 1. The summed E-state index contributed by atoms with van der Waals surface area (Å²) in [6.07, 6.45) is 1.65.